The molecule has 2 rings (SSSR count). The van der Waals surface area contributed by atoms with Gasteiger partial charge in [-0.15, -0.1) is 0 Å². The van der Waals surface area contributed by atoms with Crippen molar-refractivity contribution >= 4 is 11.6 Å². The first kappa shape index (κ1) is 12.9. The Hall–Kier alpha value is -1.58. The Balaban J connectivity index is 2.15. The number of phenolic OH excluding ortho intramolecular Hbond substituents is 1. The second kappa shape index (κ2) is 4.96. The third kappa shape index (κ3) is 2.33. The maximum atomic E-state index is 13.6. The van der Waals surface area contributed by atoms with Crippen LogP contribution in [0.3, 0.4) is 0 Å². The quantitative estimate of drug-likeness (QED) is 0.808. The van der Waals surface area contributed by atoms with Crippen molar-refractivity contribution in [2.24, 2.45) is 5.41 Å². The number of rotatable bonds is 3. The lowest BCUT2D eigenvalue weighted by Gasteiger charge is -2.26. The minimum atomic E-state index is -0.604. The molecular weight excluding hydrogens is 233 g/mol. The van der Waals surface area contributed by atoms with Crippen molar-refractivity contribution in [3.8, 4) is 5.75 Å². The average molecular weight is 251 g/mol. The third-order valence-corrected chi connectivity index (χ3v) is 3.92. The smallest absolute Gasteiger partial charge is 0.230 e. The Bertz CT molecular complexity index is 453. The molecule has 1 aliphatic rings. The van der Waals surface area contributed by atoms with Crippen molar-refractivity contribution in [1.29, 1.82) is 0 Å². The van der Waals surface area contributed by atoms with Gasteiger partial charge in [-0.3, -0.25) is 4.79 Å². The van der Waals surface area contributed by atoms with Crippen LogP contribution in [0.4, 0.5) is 10.1 Å². The van der Waals surface area contributed by atoms with Crippen molar-refractivity contribution in [2.45, 2.75) is 39.0 Å². The minimum Gasteiger partial charge on any atom is -0.508 e. The molecule has 1 aromatic rings. The minimum absolute atomic E-state index is 0.105. The van der Waals surface area contributed by atoms with Gasteiger partial charge in [-0.1, -0.05) is 19.8 Å². The van der Waals surface area contributed by atoms with Gasteiger partial charge in [-0.2, -0.15) is 0 Å². The number of nitrogens with one attached hydrogen (secondary N) is 1. The lowest BCUT2D eigenvalue weighted by atomic mass is 9.82. The first-order valence-electron chi connectivity index (χ1n) is 6.37. The number of hydrogen-bond acceptors (Lipinski definition) is 2. The molecule has 1 saturated carbocycles. The average Bonchev–Trinajstić information content (AvgIpc) is 2.82. The molecule has 0 atom stereocenters. The number of aromatic hydroxyl groups is 1. The topological polar surface area (TPSA) is 49.3 Å². The summed E-state index contributed by atoms with van der Waals surface area (Å²) < 4.78 is 13.6. The summed E-state index contributed by atoms with van der Waals surface area (Å²) in [5, 5.41) is 11.8. The SMILES string of the molecule is CCC1(C(=O)Nc2ccc(O)cc2F)CCCC1. The number of anilines is 1. The van der Waals surface area contributed by atoms with Crippen molar-refractivity contribution in [2.75, 3.05) is 5.32 Å². The molecule has 18 heavy (non-hydrogen) atoms. The van der Waals surface area contributed by atoms with Gasteiger partial charge in [-0.05, 0) is 31.4 Å². The summed E-state index contributed by atoms with van der Waals surface area (Å²) >= 11 is 0. The van der Waals surface area contributed by atoms with Gasteiger partial charge in [0.2, 0.25) is 5.91 Å². The van der Waals surface area contributed by atoms with Crippen LogP contribution >= 0.6 is 0 Å². The lowest BCUT2D eigenvalue weighted by molar-refractivity contribution is -0.125. The van der Waals surface area contributed by atoms with E-state index in [4.69, 9.17) is 5.11 Å². The summed E-state index contributed by atoms with van der Waals surface area (Å²) in [5.74, 6) is -0.851. The predicted molar refractivity (Wildman–Crippen MR) is 67.9 cm³/mol. The van der Waals surface area contributed by atoms with Crippen molar-refractivity contribution < 1.29 is 14.3 Å². The van der Waals surface area contributed by atoms with Gasteiger partial charge >= 0.3 is 0 Å². The Labute approximate surface area is 106 Å². The van der Waals surface area contributed by atoms with Crippen LogP contribution in [-0.4, -0.2) is 11.0 Å². The van der Waals surface area contributed by atoms with E-state index in [9.17, 15) is 9.18 Å². The monoisotopic (exact) mass is 251 g/mol. The number of phenols is 1. The number of carbonyl (C=O) groups excluding carboxylic acids is 1. The highest BCUT2D eigenvalue weighted by molar-refractivity contribution is 5.95. The summed E-state index contributed by atoms with van der Waals surface area (Å²) in [6.45, 7) is 2.00. The zero-order chi connectivity index (χ0) is 13.2. The van der Waals surface area contributed by atoms with Gasteiger partial charge in [0.05, 0.1) is 5.69 Å². The largest absolute Gasteiger partial charge is 0.508 e. The second-order valence-electron chi connectivity index (χ2n) is 4.96. The summed E-state index contributed by atoms with van der Waals surface area (Å²) in [6, 6.07) is 3.76. The molecule has 0 bridgehead atoms. The molecule has 1 aliphatic carbocycles. The van der Waals surface area contributed by atoms with Crippen LogP contribution in [-0.2, 0) is 4.79 Å². The van der Waals surface area contributed by atoms with Crippen LogP contribution in [0.5, 0.6) is 5.75 Å². The number of carbonyl (C=O) groups is 1. The maximum Gasteiger partial charge on any atom is 0.230 e. The predicted octanol–water partition coefficient (Wildman–Crippen LogP) is 3.44. The van der Waals surface area contributed by atoms with Gasteiger partial charge in [0.25, 0.3) is 0 Å². The van der Waals surface area contributed by atoms with E-state index in [1.54, 1.807) is 0 Å². The maximum absolute atomic E-state index is 13.6. The molecule has 0 unspecified atom stereocenters. The van der Waals surface area contributed by atoms with E-state index in [1.165, 1.54) is 12.1 Å². The van der Waals surface area contributed by atoms with Crippen LogP contribution < -0.4 is 5.32 Å². The van der Waals surface area contributed by atoms with Crippen LogP contribution in [0.1, 0.15) is 39.0 Å². The van der Waals surface area contributed by atoms with Crippen molar-refractivity contribution in [3.05, 3.63) is 24.0 Å². The van der Waals surface area contributed by atoms with Gasteiger partial charge in [0.15, 0.2) is 0 Å². The summed E-state index contributed by atoms with van der Waals surface area (Å²) in [6.07, 6.45) is 4.63. The molecule has 0 heterocycles. The van der Waals surface area contributed by atoms with Crippen LogP contribution in [0.15, 0.2) is 18.2 Å². The first-order chi connectivity index (χ1) is 8.57. The standard InChI is InChI=1S/C14H18FNO2/c1-2-14(7-3-4-8-14)13(18)16-12-6-5-10(17)9-11(12)15/h5-6,9,17H,2-4,7-8H2,1H3,(H,16,18). The fourth-order valence-electron chi connectivity index (χ4n) is 2.65. The fraction of sp³-hybridized carbons (Fsp3) is 0.500. The molecule has 0 radical (unpaired) electrons. The Morgan fingerprint density at radius 1 is 1.44 bits per heavy atom. The molecule has 1 fully saturated rings. The molecule has 3 nitrogen and oxygen atoms in total. The van der Waals surface area contributed by atoms with Gasteiger partial charge in [0, 0.05) is 11.5 Å². The molecule has 0 saturated heterocycles. The molecule has 0 aliphatic heterocycles. The Morgan fingerprint density at radius 2 is 2.11 bits per heavy atom. The zero-order valence-electron chi connectivity index (χ0n) is 10.5. The highest BCUT2D eigenvalue weighted by Crippen LogP contribution is 2.42. The highest BCUT2D eigenvalue weighted by atomic mass is 19.1. The summed E-state index contributed by atoms with van der Waals surface area (Å²) in [4.78, 5) is 12.3. The molecule has 2 N–H and O–H groups in total. The third-order valence-electron chi connectivity index (χ3n) is 3.92. The van der Waals surface area contributed by atoms with Gasteiger partial charge < -0.3 is 10.4 Å². The van der Waals surface area contributed by atoms with Crippen LogP contribution in [0, 0.1) is 11.2 Å². The molecule has 1 aromatic carbocycles. The lowest BCUT2D eigenvalue weighted by Crippen LogP contribution is -2.33. The zero-order valence-corrected chi connectivity index (χ0v) is 10.5. The highest BCUT2D eigenvalue weighted by Gasteiger charge is 2.39. The summed E-state index contributed by atoms with van der Waals surface area (Å²) in [5.41, 5.74) is -0.206. The normalized spacial score (nSPS) is 17.7. The second-order valence-corrected chi connectivity index (χ2v) is 4.96. The van der Waals surface area contributed by atoms with E-state index in [1.807, 2.05) is 6.92 Å². The van der Waals surface area contributed by atoms with E-state index in [0.29, 0.717) is 0 Å². The van der Waals surface area contributed by atoms with Crippen LogP contribution in [0.2, 0.25) is 0 Å². The van der Waals surface area contributed by atoms with Gasteiger partial charge in [0.1, 0.15) is 11.6 Å². The Kier molecular flexibility index (Phi) is 3.55. The number of halogens is 1. The van der Waals surface area contributed by atoms with Crippen molar-refractivity contribution in [3.63, 3.8) is 0 Å². The number of hydrogen-bond donors (Lipinski definition) is 2. The molecule has 98 valence electrons. The van der Waals surface area contributed by atoms with E-state index in [2.05, 4.69) is 5.32 Å². The Morgan fingerprint density at radius 3 is 2.67 bits per heavy atom. The molecule has 0 aromatic heterocycles. The van der Waals surface area contributed by atoms with E-state index < -0.39 is 5.82 Å². The number of benzene rings is 1. The number of amides is 1. The molecule has 4 heteroatoms. The van der Waals surface area contributed by atoms with Gasteiger partial charge in [-0.25, -0.2) is 4.39 Å². The fourth-order valence-corrected chi connectivity index (χ4v) is 2.65. The molecule has 1 amide bonds. The molecule has 0 spiro atoms. The summed E-state index contributed by atoms with van der Waals surface area (Å²) in [7, 11) is 0. The first-order valence-corrected chi connectivity index (χ1v) is 6.37. The van der Waals surface area contributed by atoms with E-state index >= 15 is 0 Å². The molecular formula is C14H18FNO2. The van der Waals surface area contributed by atoms with E-state index in [0.717, 1.165) is 38.2 Å². The van der Waals surface area contributed by atoms with E-state index in [-0.39, 0.29) is 22.8 Å². The van der Waals surface area contributed by atoms with Crippen molar-refractivity contribution in [1.82, 2.24) is 0 Å². The van der Waals surface area contributed by atoms with Crippen LogP contribution in [0.25, 0.3) is 0 Å².